The first-order chi connectivity index (χ1) is 9.00. The van der Waals surface area contributed by atoms with E-state index in [0.717, 1.165) is 0 Å². The summed E-state index contributed by atoms with van der Waals surface area (Å²) in [5.74, 6) is 0. The molecule has 0 aromatic heterocycles. The minimum atomic E-state index is 0. The Kier molecular flexibility index (Phi) is 12.8. The molecule has 0 atom stereocenters. The van der Waals surface area contributed by atoms with Gasteiger partial charge in [-0.15, -0.1) is 0 Å². The van der Waals surface area contributed by atoms with Gasteiger partial charge in [0.05, 0.1) is 0 Å². The predicted octanol–water partition coefficient (Wildman–Crippen LogP) is 4.46. The minimum absolute atomic E-state index is 0. The Morgan fingerprint density at radius 2 is 0.526 bits per heavy atom. The van der Waals surface area contributed by atoms with Crippen LogP contribution < -0.4 is 0 Å². The quantitative estimate of drug-likeness (QED) is 0.423. The molecule has 97 valence electrons. The van der Waals surface area contributed by atoms with Crippen LogP contribution in [-0.2, 0) is 16.5 Å². The monoisotopic (exact) mass is 289 g/mol. The van der Waals surface area contributed by atoms with Gasteiger partial charge in [-0.1, -0.05) is 0 Å². The van der Waals surface area contributed by atoms with Crippen LogP contribution in [0.3, 0.4) is 0 Å². The molecule has 0 N–H and O–H groups in total. The van der Waals surface area contributed by atoms with Gasteiger partial charge in [0.25, 0.3) is 0 Å². The molecule has 19 heavy (non-hydrogen) atoms. The van der Waals surface area contributed by atoms with E-state index >= 15 is 0 Å². The Morgan fingerprint density at radius 3 is 0.579 bits per heavy atom. The van der Waals surface area contributed by atoms with E-state index in [1.807, 2.05) is 91.0 Å². The van der Waals surface area contributed by atoms with Crippen molar-refractivity contribution in [3.8, 4) is 0 Å². The average molecular weight is 290 g/mol. The van der Waals surface area contributed by atoms with Crippen LogP contribution >= 0.6 is 0 Å². The molecule has 0 saturated heterocycles. The Hall–Kier alpha value is -1.85. The second-order valence-corrected chi connectivity index (χ2v) is 3.23. The second kappa shape index (κ2) is 14.2. The molecule has 0 amide bonds. The van der Waals surface area contributed by atoms with Crippen LogP contribution in [0.5, 0.6) is 0 Å². The predicted molar refractivity (Wildman–Crippen MR) is 75.8 cm³/mol. The van der Waals surface area contributed by atoms with Crippen LogP contribution in [0.15, 0.2) is 91.0 Å². The minimum Gasteiger partial charge on any atom is -0.184 e. The molecule has 3 aromatic rings. The van der Waals surface area contributed by atoms with E-state index in [9.17, 15) is 0 Å². The standard InChI is InChI=1S/3C6H5.Ni/c3*1-2-4-6-5-3-1;/h3*1-5H;/q3*-1;+3. The maximum absolute atomic E-state index is 2.89. The molecular weight excluding hydrogens is 275 g/mol. The molecule has 0 aliphatic carbocycles. The molecule has 1 heteroatoms. The topological polar surface area (TPSA) is 0 Å². The van der Waals surface area contributed by atoms with Gasteiger partial charge in [0.2, 0.25) is 0 Å². The Labute approximate surface area is 126 Å². The maximum atomic E-state index is 2.89. The molecule has 0 spiro atoms. The van der Waals surface area contributed by atoms with Gasteiger partial charge in [0.1, 0.15) is 0 Å². The van der Waals surface area contributed by atoms with Gasteiger partial charge in [0.15, 0.2) is 0 Å². The van der Waals surface area contributed by atoms with Gasteiger partial charge in [0, 0.05) is 0 Å². The van der Waals surface area contributed by atoms with E-state index in [1.165, 1.54) is 0 Å². The van der Waals surface area contributed by atoms with E-state index in [1.54, 1.807) is 0 Å². The van der Waals surface area contributed by atoms with Gasteiger partial charge in [-0.05, 0) is 0 Å². The van der Waals surface area contributed by atoms with Crippen LogP contribution in [-0.4, -0.2) is 0 Å². The molecule has 0 saturated carbocycles. The molecule has 0 heterocycles. The van der Waals surface area contributed by atoms with Gasteiger partial charge >= 0.3 is 16.5 Å². The molecule has 0 bridgehead atoms. The zero-order valence-electron chi connectivity index (χ0n) is 10.5. The Balaban J connectivity index is 0.000000249. The van der Waals surface area contributed by atoms with Crippen molar-refractivity contribution in [3.63, 3.8) is 0 Å². The molecule has 0 aliphatic rings. The molecule has 0 fully saturated rings. The summed E-state index contributed by atoms with van der Waals surface area (Å²) in [5.41, 5.74) is 0. The summed E-state index contributed by atoms with van der Waals surface area (Å²) in [7, 11) is 0. The number of hydrogen-bond acceptors (Lipinski definition) is 0. The molecule has 0 unspecified atom stereocenters. The summed E-state index contributed by atoms with van der Waals surface area (Å²) in [5, 5.41) is 0. The third kappa shape index (κ3) is 12.4. The first-order valence-corrected chi connectivity index (χ1v) is 5.73. The third-order valence-electron chi connectivity index (χ3n) is 1.82. The third-order valence-corrected chi connectivity index (χ3v) is 1.82. The van der Waals surface area contributed by atoms with Crippen molar-refractivity contribution in [1.29, 1.82) is 0 Å². The van der Waals surface area contributed by atoms with E-state index in [-0.39, 0.29) is 16.5 Å². The van der Waals surface area contributed by atoms with Crippen LogP contribution in [0.1, 0.15) is 0 Å². The zero-order valence-corrected chi connectivity index (χ0v) is 11.5. The maximum Gasteiger partial charge on any atom is 3.00 e. The van der Waals surface area contributed by atoms with E-state index in [4.69, 9.17) is 0 Å². The molecular formula is C18H15Ni. The summed E-state index contributed by atoms with van der Waals surface area (Å²) in [6.07, 6.45) is 0. The number of hydrogen-bond donors (Lipinski definition) is 0. The largest absolute Gasteiger partial charge is 3.00 e. The van der Waals surface area contributed by atoms with Gasteiger partial charge in [-0.25, -0.2) is 0 Å². The Bertz CT molecular complexity index is 296. The van der Waals surface area contributed by atoms with Gasteiger partial charge in [-0.3, -0.25) is 0 Å². The van der Waals surface area contributed by atoms with Crippen LogP contribution in [0.2, 0.25) is 0 Å². The molecule has 0 aliphatic heterocycles. The fourth-order valence-electron chi connectivity index (χ4n) is 1.03. The summed E-state index contributed by atoms with van der Waals surface area (Å²) in [4.78, 5) is 0. The van der Waals surface area contributed by atoms with E-state index in [2.05, 4.69) is 18.2 Å². The van der Waals surface area contributed by atoms with E-state index in [0.29, 0.717) is 0 Å². The van der Waals surface area contributed by atoms with E-state index < -0.39 is 0 Å². The van der Waals surface area contributed by atoms with Gasteiger partial charge < -0.3 is 0 Å². The van der Waals surface area contributed by atoms with Crippen LogP contribution in [0.25, 0.3) is 0 Å². The van der Waals surface area contributed by atoms with Gasteiger partial charge in [-0.2, -0.15) is 109 Å². The Morgan fingerprint density at radius 1 is 0.316 bits per heavy atom. The van der Waals surface area contributed by atoms with Crippen molar-refractivity contribution in [2.24, 2.45) is 0 Å². The SMILES string of the molecule is [Ni+3].[c-]1ccccc1.[c-]1ccccc1.[c-]1ccccc1. The molecule has 1 radical (unpaired) electrons. The smallest absolute Gasteiger partial charge is 0.184 e. The first kappa shape index (κ1) is 17.2. The summed E-state index contributed by atoms with van der Waals surface area (Å²) < 4.78 is 0. The molecule has 0 nitrogen and oxygen atoms in total. The summed E-state index contributed by atoms with van der Waals surface area (Å²) in [6.45, 7) is 0. The van der Waals surface area contributed by atoms with Crippen molar-refractivity contribution >= 4 is 0 Å². The normalized spacial score (nSPS) is 7.58. The van der Waals surface area contributed by atoms with Crippen LogP contribution in [0, 0.1) is 18.2 Å². The summed E-state index contributed by atoms with van der Waals surface area (Å²) in [6, 6.07) is 37.5. The number of benzene rings is 3. The summed E-state index contributed by atoms with van der Waals surface area (Å²) >= 11 is 0. The second-order valence-electron chi connectivity index (χ2n) is 3.23. The van der Waals surface area contributed by atoms with Crippen molar-refractivity contribution in [1.82, 2.24) is 0 Å². The molecule has 3 rings (SSSR count). The fraction of sp³-hybridized carbons (Fsp3) is 0. The zero-order chi connectivity index (χ0) is 12.7. The van der Waals surface area contributed by atoms with Crippen molar-refractivity contribution in [2.75, 3.05) is 0 Å². The average Bonchev–Trinajstić information content (AvgIpc) is 2.54. The van der Waals surface area contributed by atoms with Crippen molar-refractivity contribution in [2.45, 2.75) is 0 Å². The van der Waals surface area contributed by atoms with Crippen molar-refractivity contribution in [3.05, 3.63) is 109 Å². The molecule has 3 aromatic carbocycles. The number of rotatable bonds is 0. The first-order valence-electron chi connectivity index (χ1n) is 5.73. The van der Waals surface area contributed by atoms with Crippen LogP contribution in [0.4, 0.5) is 0 Å². The fourth-order valence-corrected chi connectivity index (χ4v) is 1.03. The van der Waals surface area contributed by atoms with Crippen molar-refractivity contribution < 1.29 is 16.5 Å².